The Hall–Kier alpha value is -1.52. The first-order valence-corrected chi connectivity index (χ1v) is 7.31. The summed E-state index contributed by atoms with van der Waals surface area (Å²) in [6, 6.07) is 13.7. The van der Waals surface area contributed by atoms with Crippen LogP contribution in [0, 0.1) is 0 Å². The van der Waals surface area contributed by atoms with E-state index in [4.69, 9.17) is 9.47 Å². The highest BCUT2D eigenvalue weighted by atomic mass is 79.9. The second-order valence-electron chi connectivity index (χ2n) is 4.74. The number of fused-ring (bicyclic) bond motifs is 1. The minimum Gasteiger partial charge on any atom is -0.493 e. The molecule has 20 heavy (non-hydrogen) atoms. The lowest BCUT2D eigenvalue weighted by Crippen LogP contribution is -2.12. The van der Waals surface area contributed by atoms with Crippen LogP contribution in [0.25, 0.3) is 0 Å². The molecule has 0 saturated heterocycles. The van der Waals surface area contributed by atoms with Gasteiger partial charge in [-0.25, -0.2) is 0 Å². The van der Waals surface area contributed by atoms with Crippen molar-refractivity contribution in [3.05, 3.63) is 58.1 Å². The Bertz CT molecular complexity index is 612. The summed E-state index contributed by atoms with van der Waals surface area (Å²) in [5.41, 5.74) is 1.97. The smallest absolute Gasteiger partial charge is 0.139 e. The number of hydrogen-bond donors (Lipinski definition) is 1. The zero-order valence-corrected chi connectivity index (χ0v) is 12.5. The number of para-hydroxylation sites is 2. The predicted octanol–water partition coefficient (Wildman–Crippen LogP) is 3.50. The normalized spacial score (nSPS) is 16.6. The highest BCUT2D eigenvalue weighted by Gasteiger charge is 2.24. The van der Waals surface area contributed by atoms with Crippen molar-refractivity contribution < 1.29 is 14.6 Å². The lowest BCUT2D eigenvalue weighted by molar-refractivity contribution is 0.234. The maximum absolute atomic E-state index is 9.37. The van der Waals surface area contributed by atoms with Gasteiger partial charge in [0.1, 0.15) is 11.5 Å². The summed E-state index contributed by atoms with van der Waals surface area (Å²) in [6.07, 6.45) is 0. The molecule has 2 aromatic carbocycles. The quantitative estimate of drug-likeness (QED) is 0.930. The molecule has 1 aliphatic rings. The summed E-state index contributed by atoms with van der Waals surface area (Å²) in [5.74, 6) is 1.87. The van der Waals surface area contributed by atoms with Crippen LogP contribution >= 0.6 is 15.9 Å². The van der Waals surface area contributed by atoms with Crippen molar-refractivity contribution in [3.8, 4) is 11.5 Å². The van der Waals surface area contributed by atoms with E-state index in [1.54, 1.807) is 0 Å². The van der Waals surface area contributed by atoms with E-state index in [0.29, 0.717) is 19.0 Å². The molecule has 0 saturated carbocycles. The van der Waals surface area contributed by atoms with E-state index in [0.717, 1.165) is 15.8 Å². The van der Waals surface area contributed by atoms with E-state index in [1.807, 2.05) is 36.4 Å². The van der Waals surface area contributed by atoms with Crippen LogP contribution in [0.2, 0.25) is 0 Å². The molecule has 1 N–H and O–H groups in total. The number of halogens is 1. The summed E-state index contributed by atoms with van der Waals surface area (Å²) < 4.78 is 12.4. The first-order chi connectivity index (χ1) is 9.79. The molecule has 0 bridgehead atoms. The highest BCUT2D eigenvalue weighted by Crippen LogP contribution is 2.35. The number of aliphatic hydroxyl groups is 1. The summed E-state index contributed by atoms with van der Waals surface area (Å²) >= 11 is 3.46. The molecule has 0 aromatic heterocycles. The van der Waals surface area contributed by atoms with Crippen molar-refractivity contribution in [2.45, 2.75) is 12.5 Å². The standard InChI is InChI=1S/C16H15BrO3/c17-14-6-3-4-11(8-18)16(14)20-10-12-9-19-15-7-2-1-5-13(12)15/h1-7,12,18H,8-10H2. The fourth-order valence-electron chi connectivity index (χ4n) is 2.39. The fraction of sp³-hybridized carbons (Fsp3) is 0.250. The van der Waals surface area contributed by atoms with E-state index in [1.165, 1.54) is 5.56 Å². The molecule has 1 atom stereocenters. The van der Waals surface area contributed by atoms with Gasteiger partial charge < -0.3 is 14.6 Å². The van der Waals surface area contributed by atoms with Gasteiger partial charge in [0.15, 0.2) is 0 Å². The highest BCUT2D eigenvalue weighted by molar-refractivity contribution is 9.10. The first kappa shape index (κ1) is 13.5. The molecule has 0 radical (unpaired) electrons. The Morgan fingerprint density at radius 1 is 1.20 bits per heavy atom. The van der Waals surface area contributed by atoms with E-state index in [2.05, 4.69) is 22.0 Å². The van der Waals surface area contributed by atoms with Gasteiger partial charge in [-0.15, -0.1) is 0 Å². The van der Waals surface area contributed by atoms with E-state index in [9.17, 15) is 5.11 Å². The number of ether oxygens (including phenoxy) is 2. The third-order valence-corrected chi connectivity index (χ3v) is 4.07. The molecular weight excluding hydrogens is 320 g/mol. The summed E-state index contributed by atoms with van der Waals surface area (Å²) in [6.45, 7) is 1.14. The van der Waals surface area contributed by atoms with Gasteiger partial charge in [-0.3, -0.25) is 0 Å². The second-order valence-corrected chi connectivity index (χ2v) is 5.60. The third-order valence-electron chi connectivity index (χ3n) is 3.45. The largest absolute Gasteiger partial charge is 0.493 e. The maximum Gasteiger partial charge on any atom is 0.139 e. The molecule has 0 aliphatic carbocycles. The lowest BCUT2D eigenvalue weighted by atomic mass is 10.0. The minimum absolute atomic E-state index is 0.0352. The Morgan fingerprint density at radius 2 is 2.05 bits per heavy atom. The van der Waals surface area contributed by atoms with Crippen molar-refractivity contribution >= 4 is 15.9 Å². The van der Waals surface area contributed by atoms with Crippen LogP contribution in [-0.4, -0.2) is 18.3 Å². The fourth-order valence-corrected chi connectivity index (χ4v) is 2.91. The molecule has 1 heterocycles. The molecule has 104 valence electrons. The molecule has 0 fully saturated rings. The van der Waals surface area contributed by atoms with Crippen molar-refractivity contribution in [3.63, 3.8) is 0 Å². The molecule has 4 heteroatoms. The topological polar surface area (TPSA) is 38.7 Å². The third kappa shape index (κ3) is 2.53. The predicted molar refractivity (Wildman–Crippen MR) is 80.2 cm³/mol. The van der Waals surface area contributed by atoms with Gasteiger partial charge in [0.2, 0.25) is 0 Å². The van der Waals surface area contributed by atoms with Crippen molar-refractivity contribution in [1.29, 1.82) is 0 Å². The van der Waals surface area contributed by atoms with Crippen LogP contribution in [0.4, 0.5) is 0 Å². The molecule has 2 aromatic rings. The van der Waals surface area contributed by atoms with Crippen molar-refractivity contribution in [2.24, 2.45) is 0 Å². The maximum atomic E-state index is 9.37. The van der Waals surface area contributed by atoms with Crippen molar-refractivity contribution in [2.75, 3.05) is 13.2 Å². The molecule has 3 rings (SSSR count). The van der Waals surface area contributed by atoms with E-state index < -0.39 is 0 Å². The van der Waals surface area contributed by atoms with Crippen LogP contribution in [0.15, 0.2) is 46.9 Å². The van der Waals surface area contributed by atoms with Gasteiger partial charge in [-0.1, -0.05) is 30.3 Å². The van der Waals surface area contributed by atoms with E-state index in [-0.39, 0.29) is 12.5 Å². The zero-order chi connectivity index (χ0) is 13.9. The minimum atomic E-state index is -0.0352. The van der Waals surface area contributed by atoms with E-state index >= 15 is 0 Å². The van der Waals surface area contributed by atoms with Gasteiger partial charge in [-0.2, -0.15) is 0 Å². The summed E-state index contributed by atoms with van der Waals surface area (Å²) in [4.78, 5) is 0. The molecule has 0 spiro atoms. The molecule has 1 unspecified atom stereocenters. The van der Waals surface area contributed by atoms with Gasteiger partial charge in [0, 0.05) is 11.1 Å². The number of hydrogen-bond acceptors (Lipinski definition) is 3. The molecule has 1 aliphatic heterocycles. The van der Waals surface area contributed by atoms with Crippen LogP contribution < -0.4 is 9.47 Å². The van der Waals surface area contributed by atoms with Gasteiger partial charge >= 0.3 is 0 Å². The van der Waals surface area contributed by atoms with Gasteiger partial charge in [-0.05, 0) is 28.1 Å². The van der Waals surface area contributed by atoms with Crippen LogP contribution in [0.5, 0.6) is 11.5 Å². The van der Waals surface area contributed by atoms with Crippen LogP contribution in [-0.2, 0) is 6.61 Å². The van der Waals surface area contributed by atoms with Crippen molar-refractivity contribution in [1.82, 2.24) is 0 Å². The monoisotopic (exact) mass is 334 g/mol. The first-order valence-electron chi connectivity index (χ1n) is 6.52. The number of rotatable bonds is 4. The van der Waals surface area contributed by atoms with Crippen LogP contribution in [0.3, 0.4) is 0 Å². The Labute approximate surface area is 126 Å². The number of aliphatic hydroxyl groups excluding tert-OH is 1. The second kappa shape index (κ2) is 5.85. The summed E-state index contributed by atoms with van der Waals surface area (Å²) in [5, 5.41) is 9.37. The SMILES string of the molecule is OCc1cccc(Br)c1OCC1COc2ccccc21. The zero-order valence-electron chi connectivity index (χ0n) is 10.9. The number of benzene rings is 2. The van der Waals surface area contributed by atoms with Gasteiger partial charge in [0.05, 0.1) is 30.2 Å². The Morgan fingerprint density at radius 3 is 2.90 bits per heavy atom. The molecule has 0 amide bonds. The average Bonchev–Trinajstić information content (AvgIpc) is 2.89. The molecular formula is C16H15BrO3. The molecule has 3 nitrogen and oxygen atoms in total. The lowest BCUT2D eigenvalue weighted by Gasteiger charge is -2.15. The van der Waals surface area contributed by atoms with Crippen LogP contribution in [0.1, 0.15) is 17.0 Å². The average molecular weight is 335 g/mol. The Balaban J connectivity index is 1.75. The Kier molecular flexibility index (Phi) is 3.94. The van der Waals surface area contributed by atoms with Gasteiger partial charge in [0.25, 0.3) is 0 Å². The summed E-state index contributed by atoms with van der Waals surface area (Å²) in [7, 11) is 0.